The van der Waals surface area contributed by atoms with Gasteiger partial charge < -0.3 is 5.32 Å². The standard InChI is InChI=1S/C12H17BrN2/c13-11-5-6-12(15-8-11)9-14-7-10-3-1-2-4-10/h5-6,8,10,14H,1-4,7,9H2. The third-order valence-electron chi connectivity index (χ3n) is 3.00. The van der Waals surface area contributed by atoms with Crippen LogP contribution in [-0.4, -0.2) is 11.5 Å². The zero-order valence-electron chi connectivity index (χ0n) is 8.88. The minimum Gasteiger partial charge on any atom is -0.311 e. The molecule has 0 bridgehead atoms. The van der Waals surface area contributed by atoms with Gasteiger partial charge in [-0.05, 0) is 53.4 Å². The van der Waals surface area contributed by atoms with Gasteiger partial charge in [-0.3, -0.25) is 4.98 Å². The first-order valence-electron chi connectivity index (χ1n) is 5.66. The molecule has 0 unspecified atom stereocenters. The van der Waals surface area contributed by atoms with Gasteiger partial charge in [0.25, 0.3) is 0 Å². The first-order chi connectivity index (χ1) is 7.34. The van der Waals surface area contributed by atoms with Crippen molar-refractivity contribution in [2.75, 3.05) is 6.54 Å². The van der Waals surface area contributed by atoms with E-state index in [1.165, 1.54) is 25.7 Å². The quantitative estimate of drug-likeness (QED) is 0.908. The Kier molecular flexibility index (Phi) is 4.15. The molecule has 1 heterocycles. The van der Waals surface area contributed by atoms with E-state index in [-0.39, 0.29) is 0 Å². The van der Waals surface area contributed by atoms with Crippen LogP contribution >= 0.6 is 15.9 Å². The maximum atomic E-state index is 4.33. The van der Waals surface area contributed by atoms with Crippen LogP contribution in [0.2, 0.25) is 0 Å². The molecule has 0 atom stereocenters. The molecule has 1 fully saturated rings. The second-order valence-corrected chi connectivity index (χ2v) is 5.16. The Labute approximate surface area is 99.6 Å². The number of pyridine rings is 1. The van der Waals surface area contributed by atoms with Gasteiger partial charge in [0.15, 0.2) is 0 Å². The molecular formula is C12H17BrN2. The lowest BCUT2D eigenvalue weighted by Crippen LogP contribution is -2.21. The molecule has 1 saturated carbocycles. The average molecular weight is 269 g/mol. The van der Waals surface area contributed by atoms with Crippen LogP contribution in [0.5, 0.6) is 0 Å². The SMILES string of the molecule is Brc1ccc(CNCC2CCCC2)nc1. The van der Waals surface area contributed by atoms with Gasteiger partial charge in [-0.2, -0.15) is 0 Å². The Balaban J connectivity index is 1.71. The summed E-state index contributed by atoms with van der Waals surface area (Å²) in [5.41, 5.74) is 1.12. The summed E-state index contributed by atoms with van der Waals surface area (Å²) in [6, 6.07) is 4.10. The van der Waals surface area contributed by atoms with Crippen LogP contribution in [0.1, 0.15) is 31.4 Å². The molecule has 3 heteroatoms. The Morgan fingerprint density at radius 2 is 2.13 bits per heavy atom. The zero-order valence-corrected chi connectivity index (χ0v) is 10.5. The Morgan fingerprint density at radius 1 is 1.33 bits per heavy atom. The molecule has 15 heavy (non-hydrogen) atoms. The molecular weight excluding hydrogens is 252 g/mol. The van der Waals surface area contributed by atoms with Crippen LogP contribution in [0.3, 0.4) is 0 Å². The van der Waals surface area contributed by atoms with E-state index in [4.69, 9.17) is 0 Å². The molecule has 1 aromatic heterocycles. The highest BCUT2D eigenvalue weighted by molar-refractivity contribution is 9.10. The Morgan fingerprint density at radius 3 is 2.80 bits per heavy atom. The molecule has 0 radical (unpaired) electrons. The van der Waals surface area contributed by atoms with Gasteiger partial charge >= 0.3 is 0 Å². The van der Waals surface area contributed by atoms with Crippen LogP contribution in [0, 0.1) is 5.92 Å². The van der Waals surface area contributed by atoms with Crippen molar-refractivity contribution >= 4 is 15.9 Å². The second kappa shape index (κ2) is 5.61. The van der Waals surface area contributed by atoms with Crippen LogP contribution in [-0.2, 0) is 6.54 Å². The summed E-state index contributed by atoms with van der Waals surface area (Å²) in [4.78, 5) is 4.33. The van der Waals surface area contributed by atoms with Crippen molar-refractivity contribution < 1.29 is 0 Å². The summed E-state index contributed by atoms with van der Waals surface area (Å²) in [6.45, 7) is 2.04. The van der Waals surface area contributed by atoms with E-state index < -0.39 is 0 Å². The van der Waals surface area contributed by atoms with Gasteiger partial charge in [0.1, 0.15) is 0 Å². The predicted molar refractivity (Wildman–Crippen MR) is 65.6 cm³/mol. The lowest BCUT2D eigenvalue weighted by Gasteiger charge is -2.09. The van der Waals surface area contributed by atoms with Crippen LogP contribution in [0.25, 0.3) is 0 Å². The summed E-state index contributed by atoms with van der Waals surface area (Å²) in [5, 5.41) is 3.49. The Hall–Kier alpha value is -0.410. The lowest BCUT2D eigenvalue weighted by atomic mass is 10.1. The maximum Gasteiger partial charge on any atom is 0.0542 e. The second-order valence-electron chi connectivity index (χ2n) is 4.25. The molecule has 0 amide bonds. The molecule has 1 aliphatic rings. The summed E-state index contributed by atoms with van der Waals surface area (Å²) in [6.07, 6.45) is 7.50. The van der Waals surface area contributed by atoms with E-state index in [1.54, 1.807) is 0 Å². The van der Waals surface area contributed by atoms with Crippen molar-refractivity contribution in [2.24, 2.45) is 5.92 Å². The predicted octanol–water partition coefficient (Wildman–Crippen LogP) is 3.12. The minimum atomic E-state index is 0.893. The largest absolute Gasteiger partial charge is 0.311 e. The molecule has 2 rings (SSSR count). The van der Waals surface area contributed by atoms with E-state index in [1.807, 2.05) is 12.3 Å². The Bertz CT molecular complexity index is 291. The van der Waals surface area contributed by atoms with Crippen LogP contribution in [0.4, 0.5) is 0 Å². The number of nitrogens with zero attached hydrogens (tertiary/aromatic N) is 1. The van der Waals surface area contributed by atoms with Crippen LogP contribution < -0.4 is 5.32 Å². The maximum absolute atomic E-state index is 4.33. The monoisotopic (exact) mass is 268 g/mol. The van der Waals surface area contributed by atoms with E-state index >= 15 is 0 Å². The van der Waals surface area contributed by atoms with Gasteiger partial charge in [0, 0.05) is 17.2 Å². The van der Waals surface area contributed by atoms with Crippen molar-refractivity contribution in [1.29, 1.82) is 0 Å². The molecule has 0 spiro atoms. The van der Waals surface area contributed by atoms with Crippen LogP contribution in [0.15, 0.2) is 22.8 Å². The fraction of sp³-hybridized carbons (Fsp3) is 0.583. The molecule has 82 valence electrons. The van der Waals surface area contributed by atoms with Gasteiger partial charge in [-0.1, -0.05) is 12.8 Å². The lowest BCUT2D eigenvalue weighted by molar-refractivity contribution is 0.487. The number of halogens is 1. The first kappa shape index (κ1) is 11.1. The number of aromatic nitrogens is 1. The van der Waals surface area contributed by atoms with E-state index in [2.05, 4.69) is 32.3 Å². The van der Waals surface area contributed by atoms with Crippen molar-refractivity contribution in [1.82, 2.24) is 10.3 Å². The number of hydrogen-bond donors (Lipinski definition) is 1. The first-order valence-corrected chi connectivity index (χ1v) is 6.45. The summed E-state index contributed by atoms with van der Waals surface area (Å²) in [7, 11) is 0. The highest BCUT2D eigenvalue weighted by Crippen LogP contribution is 2.23. The van der Waals surface area contributed by atoms with Crippen molar-refractivity contribution in [2.45, 2.75) is 32.2 Å². The number of hydrogen-bond acceptors (Lipinski definition) is 2. The third-order valence-corrected chi connectivity index (χ3v) is 3.47. The van der Waals surface area contributed by atoms with E-state index in [0.29, 0.717) is 0 Å². The van der Waals surface area contributed by atoms with Gasteiger partial charge in [-0.25, -0.2) is 0 Å². The molecule has 0 aromatic carbocycles. The number of nitrogens with one attached hydrogen (secondary N) is 1. The highest BCUT2D eigenvalue weighted by atomic mass is 79.9. The zero-order chi connectivity index (χ0) is 10.5. The fourth-order valence-corrected chi connectivity index (χ4v) is 2.36. The van der Waals surface area contributed by atoms with Gasteiger partial charge in [0.2, 0.25) is 0 Å². The van der Waals surface area contributed by atoms with Gasteiger partial charge in [0.05, 0.1) is 5.69 Å². The highest BCUT2D eigenvalue weighted by Gasteiger charge is 2.13. The van der Waals surface area contributed by atoms with E-state index in [0.717, 1.165) is 29.2 Å². The summed E-state index contributed by atoms with van der Waals surface area (Å²) < 4.78 is 1.04. The summed E-state index contributed by atoms with van der Waals surface area (Å²) in [5.74, 6) is 0.903. The van der Waals surface area contributed by atoms with Gasteiger partial charge in [-0.15, -0.1) is 0 Å². The average Bonchev–Trinajstić information content (AvgIpc) is 2.74. The molecule has 1 aliphatic carbocycles. The fourth-order valence-electron chi connectivity index (χ4n) is 2.13. The molecule has 1 N–H and O–H groups in total. The summed E-state index contributed by atoms with van der Waals surface area (Å²) >= 11 is 3.38. The van der Waals surface area contributed by atoms with Crippen molar-refractivity contribution in [3.63, 3.8) is 0 Å². The minimum absolute atomic E-state index is 0.893. The molecule has 0 saturated heterocycles. The topological polar surface area (TPSA) is 24.9 Å². The van der Waals surface area contributed by atoms with Crippen molar-refractivity contribution in [3.05, 3.63) is 28.5 Å². The molecule has 2 nitrogen and oxygen atoms in total. The smallest absolute Gasteiger partial charge is 0.0542 e. The molecule has 1 aromatic rings. The number of rotatable bonds is 4. The normalized spacial score (nSPS) is 17.1. The van der Waals surface area contributed by atoms with Crippen molar-refractivity contribution in [3.8, 4) is 0 Å². The molecule has 0 aliphatic heterocycles. The van der Waals surface area contributed by atoms with E-state index in [9.17, 15) is 0 Å². The third kappa shape index (κ3) is 3.58.